The Bertz CT molecular complexity index is 994. The van der Waals surface area contributed by atoms with Crippen molar-refractivity contribution < 1.29 is 28.2 Å². The molecule has 0 bridgehead atoms. The molecular formula is C30H56N5O6P. The van der Waals surface area contributed by atoms with Crippen molar-refractivity contribution >= 4 is 24.6 Å². The van der Waals surface area contributed by atoms with Crippen LogP contribution in [-0.2, 0) is 29.8 Å². The van der Waals surface area contributed by atoms with Gasteiger partial charge in [-0.15, -0.1) is 0 Å². The van der Waals surface area contributed by atoms with E-state index < -0.39 is 20.0 Å². The van der Waals surface area contributed by atoms with Crippen molar-refractivity contribution in [3.63, 3.8) is 0 Å². The monoisotopic (exact) mass is 613 g/mol. The van der Waals surface area contributed by atoms with E-state index in [4.69, 9.17) is 24.5 Å². The molecule has 0 spiro atoms. The van der Waals surface area contributed by atoms with Gasteiger partial charge in [0.25, 0.3) is 0 Å². The zero-order valence-corrected chi connectivity index (χ0v) is 27.0. The van der Waals surface area contributed by atoms with Gasteiger partial charge in [0.15, 0.2) is 11.5 Å². The van der Waals surface area contributed by atoms with Crippen LogP contribution in [0.1, 0.15) is 110 Å². The van der Waals surface area contributed by atoms with Gasteiger partial charge < -0.3 is 33.9 Å². The van der Waals surface area contributed by atoms with Gasteiger partial charge in [-0.25, -0.2) is 15.0 Å². The van der Waals surface area contributed by atoms with Crippen LogP contribution in [0.2, 0.25) is 0 Å². The number of nitrogens with zero attached hydrogens (tertiary/aromatic N) is 4. The molecule has 0 aliphatic rings. The van der Waals surface area contributed by atoms with E-state index >= 15 is 0 Å². The van der Waals surface area contributed by atoms with Crippen molar-refractivity contribution in [2.75, 3.05) is 45.6 Å². The molecule has 0 saturated heterocycles. The van der Waals surface area contributed by atoms with Gasteiger partial charge in [-0.2, -0.15) is 0 Å². The molecule has 2 atom stereocenters. The number of rotatable bonds is 28. The van der Waals surface area contributed by atoms with E-state index in [-0.39, 0.29) is 25.6 Å². The average Bonchev–Trinajstić information content (AvgIpc) is 3.39. The van der Waals surface area contributed by atoms with Crippen molar-refractivity contribution in [2.45, 2.75) is 122 Å². The largest absolute Gasteiger partial charge is 0.382 e. The number of ether oxygens (including phenoxy) is 3. The minimum absolute atomic E-state index is 0.0350. The normalized spacial score (nSPS) is 14.0. The maximum atomic E-state index is 12.4. The van der Waals surface area contributed by atoms with Crippen LogP contribution < -0.4 is 5.73 Å². The van der Waals surface area contributed by atoms with Gasteiger partial charge in [0.05, 0.1) is 38.8 Å². The van der Waals surface area contributed by atoms with Crippen molar-refractivity contribution in [1.82, 2.24) is 19.5 Å². The summed E-state index contributed by atoms with van der Waals surface area (Å²) in [7, 11) is -2.40. The smallest absolute Gasteiger partial charge is 0.353 e. The number of hydrogen-bond donors (Lipinski definition) is 2. The van der Waals surface area contributed by atoms with Crippen LogP contribution in [-0.4, -0.2) is 70.4 Å². The Morgan fingerprint density at radius 3 is 2.05 bits per heavy atom. The first-order valence-corrected chi connectivity index (χ1v) is 17.8. The molecule has 11 nitrogen and oxygen atoms in total. The Labute approximate surface area is 252 Å². The summed E-state index contributed by atoms with van der Waals surface area (Å²) in [5.41, 5.74) is 6.88. The molecule has 0 amide bonds. The summed E-state index contributed by atoms with van der Waals surface area (Å²) in [5, 5.41) is 0. The highest BCUT2D eigenvalue weighted by Crippen LogP contribution is 2.41. The Balaban J connectivity index is 1.43. The molecule has 42 heavy (non-hydrogen) atoms. The number of hydrogen-bond acceptors (Lipinski definition) is 9. The summed E-state index contributed by atoms with van der Waals surface area (Å²) >= 11 is 0. The summed E-state index contributed by atoms with van der Waals surface area (Å²) in [6.45, 7) is 3.73. The Kier molecular flexibility index (Phi) is 19.9. The Morgan fingerprint density at radius 2 is 1.45 bits per heavy atom. The van der Waals surface area contributed by atoms with Crippen molar-refractivity contribution in [3.05, 3.63) is 12.7 Å². The third-order valence-corrected chi connectivity index (χ3v) is 8.38. The SMILES string of the molecule is CCCCCCCCCCCCCCCCCCOCCOP(=O)(O)CO[C@H](COC)Cn1cnc2c(N)ncnc21. The highest BCUT2D eigenvalue weighted by molar-refractivity contribution is 7.52. The maximum Gasteiger partial charge on any atom is 0.353 e. The number of anilines is 1. The molecular weight excluding hydrogens is 557 g/mol. The van der Waals surface area contributed by atoms with E-state index in [0.29, 0.717) is 24.3 Å². The lowest BCUT2D eigenvalue weighted by molar-refractivity contribution is 0.00122. The number of unbranched alkanes of at least 4 members (excludes halogenated alkanes) is 15. The predicted octanol–water partition coefficient (Wildman–Crippen LogP) is 6.88. The average molecular weight is 614 g/mol. The lowest BCUT2D eigenvalue weighted by atomic mass is 10.0. The summed E-state index contributed by atoms with van der Waals surface area (Å²) in [6, 6.07) is 0. The topological polar surface area (TPSA) is 144 Å². The zero-order valence-electron chi connectivity index (χ0n) is 26.1. The van der Waals surface area contributed by atoms with Crippen molar-refractivity contribution in [3.8, 4) is 0 Å². The number of imidazole rings is 1. The second kappa shape index (κ2) is 22.9. The van der Waals surface area contributed by atoms with E-state index in [0.717, 1.165) is 12.8 Å². The number of aromatic nitrogens is 4. The van der Waals surface area contributed by atoms with E-state index in [1.54, 1.807) is 10.9 Å². The van der Waals surface area contributed by atoms with Crippen LogP contribution in [0.5, 0.6) is 0 Å². The fourth-order valence-corrected chi connectivity index (χ4v) is 5.75. The summed E-state index contributed by atoms with van der Waals surface area (Å²) in [4.78, 5) is 22.5. The molecule has 2 rings (SSSR count). The van der Waals surface area contributed by atoms with Crippen molar-refractivity contribution in [2.24, 2.45) is 0 Å². The fourth-order valence-electron chi connectivity index (χ4n) is 4.92. The third kappa shape index (κ3) is 16.3. The van der Waals surface area contributed by atoms with Crippen LogP contribution >= 0.6 is 7.60 Å². The highest BCUT2D eigenvalue weighted by atomic mass is 31.2. The first kappa shape index (κ1) is 36.6. The number of nitrogens with two attached hydrogens (primary N) is 1. The van der Waals surface area contributed by atoms with Crippen LogP contribution in [0.3, 0.4) is 0 Å². The molecule has 0 radical (unpaired) electrons. The van der Waals surface area contributed by atoms with Crippen LogP contribution in [0.25, 0.3) is 11.2 Å². The summed E-state index contributed by atoms with van der Waals surface area (Å²) in [6.07, 6.45) is 23.3. The van der Waals surface area contributed by atoms with E-state index in [1.165, 1.54) is 103 Å². The third-order valence-electron chi connectivity index (χ3n) is 7.32. The number of fused-ring (bicyclic) bond motifs is 1. The van der Waals surface area contributed by atoms with Gasteiger partial charge in [-0.05, 0) is 6.42 Å². The summed E-state index contributed by atoms with van der Waals surface area (Å²) in [5.74, 6) is 0.285. The highest BCUT2D eigenvalue weighted by Gasteiger charge is 2.23. The minimum Gasteiger partial charge on any atom is -0.382 e. The first-order valence-electron chi connectivity index (χ1n) is 16.0. The standard InChI is InChI=1S/C30H56N5O6P/c1-3-4-5-6-7-8-9-10-11-12-13-14-15-16-17-18-19-39-20-21-41-42(36,37)26-40-27(23-38-2)22-35-25-34-28-29(31)32-24-33-30(28)35/h24-25,27H,3-23,26H2,1-2H3,(H,36,37)(H2,31,32,33)/t27-/m0/s1. The van der Waals surface area contributed by atoms with Gasteiger partial charge >= 0.3 is 7.60 Å². The Morgan fingerprint density at radius 1 is 0.857 bits per heavy atom. The van der Waals surface area contributed by atoms with E-state index in [2.05, 4.69) is 21.9 Å². The van der Waals surface area contributed by atoms with Gasteiger partial charge in [-0.1, -0.05) is 103 Å². The second-order valence-corrected chi connectivity index (χ2v) is 12.9. The second-order valence-electron chi connectivity index (χ2n) is 11.1. The zero-order chi connectivity index (χ0) is 30.3. The van der Waals surface area contributed by atoms with Gasteiger partial charge in [0, 0.05) is 13.7 Å². The summed E-state index contributed by atoms with van der Waals surface area (Å²) < 4.78 is 35.8. The molecule has 0 fully saturated rings. The molecule has 3 N–H and O–H groups in total. The van der Waals surface area contributed by atoms with Gasteiger partial charge in [0.1, 0.15) is 18.2 Å². The quantitative estimate of drug-likeness (QED) is 0.0770. The van der Waals surface area contributed by atoms with Crippen LogP contribution in [0.4, 0.5) is 5.82 Å². The van der Waals surface area contributed by atoms with Gasteiger partial charge in [0.2, 0.25) is 0 Å². The lowest BCUT2D eigenvalue weighted by Crippen LogP contribution is -2.26. The maximum absolute atomic E-state index is 12.4. The molecule has 1 unspecified atom stereocenters. The molecule has 242 valence electrons. The van der Waals surface area contributed by atoms with Crippen LogP contribution in [0, 0.1) is 0 Å². The van der Waals surface area contributed by atoms with Crippen molar-refractivity contribution in [1.29, 1.82) is 0 Å². The van der Waals surface area contributed by atoms with Gasteiger partial charge in [-0.3, -0.25) is 4.57 Å². The lowest BCUT2D eigenvalue weighted by Gasteiger charge is -2.20. The molecule has 0 saturated carbocycles. The number of methoxy groups -OCH3 is 1. The predicted molar refractivity (Wildman–Crippen MR) is 167 cm³/mol. The molecule has 0 aliphatic heterocycles. The molecule has 0 aliphatic carbocycles. The fraction of sp³-hybridized carbons (Fsp3) is 0.833. The van der Waals surface area contributed by atoms with E-state index in [9.17, 15) is 9.46 Å². The van der Waals surface area contributed by atoms with E-state index in [1.807, 2.05) is 0 Å². The molecule has 2 heterocycles. The molecule has 2 aromatic heterocycles. The first-order chi connectivity index (χ1) is 20.5. The number of nitrogen functional groups attached to an aromatic ring is 1. The molecule has 2 aromatic rings. The molecule has 12 heteroatoms. The van der Waals surface area contributed by atoms with Crippen LogP contribution in [0.15, 0.2) is 12.7 Å². The molecule has 0 aromatic carbocycles. The Hall–Kier alpha value is -1.62. The minimum atomic E-state index is -3.94.